The molecule has 142 valence electrons. The first-order valence-corrected chi connectivity index (χ1v) is 9.96. The number of carbonyl (C=O) groups is 3. The largest absolute Gasteiger partial charge is 0.465 e. The molecule has 1 fully saturated rings. The van der Waals surface area contributed by atoms with Crippen LogP contribution in [0.1, 0.15) is 46.5 Å². The van der Waals surface area contributed by atoms with Gasteiger partial charge in [-0.25, -0.2) is 4.79 Å². The van der Waals surface area contributed by atoms with Gasteiger partial charge in [0.25, 0.3) is 5.91 Å². The van der Waals surface area contributed by atoms with E-state index in [2.05, 4.69) is 5.32 Å². The van der Waals surface area contributed by atoms with Crippen LogP contribution in [-0.4, -0.2) is 44.5 Å². The van der Waals surface area contributed by atoms with Crippen LogP contribution in [-0.2, 0) is 27.2 Å². The van der Waals surface area contributed by atoms with Gasteiger partial charge in [-0.05, 0) is 31.2 Å². The van der Waals surface area contributed by atoms with Crippen molar-refractivity contribution in [2.75, 3.05) is 32.1 Å². The number of amides is 2. The van der Waals surface area contributed by atoms with Crippen molar-refractivity contribution >= 4 is 34.1 Å². The second-order valence-electron chi connectivity index (χ2n) is 7.06. The third-order valence-electron chi connectivity index (χ3n) is 5.32. The number of ether oxygens (including phenoxy) is 1. The Balaban J connectivity index is 1.65. The fraction of sp³-hybridized carbons (Fsp3) is 0.611. The number of nitrogens with one attached hydrogen (secondary N) is 2. The molecule has 8 heteroatoms. The zero-order chi connectivity index (χ0) is 18.7. The molecule has 3 rings (SSSR count). The van der Waals surface area contributed by atoms with Crippen molar-refractivity contribution in [2.45, 2.75) is 38.5 Å². The lowest BCUT2D eigenvalue weighted by Gasteiger charge is -2.27. The number of quaternary nitrogens is 1. The molecule has 1 aromatic heterocycles. The van der Waals surface area contributed by atoms with Crippen molar-refractivity contribution in [2.24, 2.45) is 11.7 Å². The van der Waals surface area contributed by atoms with Gasteiger partial charge in [-0.15, -0.1) is 11.3 Å². The first kappa shape index (κ1) is 18.8. The van der Waals surface area contributed by atoms with Crippen LogP contribution >= 0.6 is 11.3 Å². The molecule has 0 spiro atoms. The summed E-state index contributed by atoms with van der Waals surface area (Å²) in [6.07, 6.45) is 5.42. The van der Waals surface area contributed by atoms with Gasteiger partial charge in [-0.2, -0.15) is 0 Å². The smallest absolute Gasteiger partial charge is 0.341 e. The number of nitrogens with two attached hydrogens (primary N) is 1. The number of likely N-dealkylation sites (tertiary alicyclic amines) is 1. The molecule has 0 radical (unpaired) electrons. The summed E-state index contributed by atoms with van der Waals surface area (Å²) in [4.78, 5) is 38.3. The topological polar surface area (TPSA) is 103 Å². The SMILES string of the molecule is COC(=O)c1c(NC(=O)C[NH+]2CCC(C(N)=O)CC2)sc2c1CCCC2. The van der Waals surface area contributed by atoms with Gasteiger partial charge in [0.1, 0.15) is 5.00 Å². The molecule has 0 bridgehead atoms. The number of carbonyl (C=O) groups excluding carboxylic acids is 3. The van der Waals surface area contributed by atoms with E-state index in [0.29, 0.717) is 17.1 Å². The van der Waals surface area contributed by atoms with Crippen LogP contribution in [0.5, 0.6) is 0 Å². The highest BCUT2D eigenvalue weighted by Gasteiger charge is 2.29. The van der Waals surface area contributed by atoms with E-state index < -0.39 is 0 Å². The number of aryl methyl sites for hydroxylation is 1. The van der Waals surface area contributed by atoms with E-state index in [9.17, 15) is 14.4 Å². The highest BCUT2D eigenvalue weighted by molar-refractivity contribution is 7.17. The van der Waals surface area contributed by atoms with E-state index in [1.165, 1.54) is 23.3 Å². The van der Waals surface area contributed by atoms with Gasteiger partial charge in [-0.3, -0.25) is 9.59 Å². The summed E-state index contributed by atoms with van der Waals surface area (Å²) < 4.78 is 4.93. The van der Waals surface area contributed by atoms with Crippen LogP contribution in [0.2, 0.25) is 0 Å². The Morgan fingerprint density at radius 2 is 1.92 bits per heavy atom. The average Bonchev–Trinajstić information content (AvgIpc) is 2.99. The first-order valence-electron chi connectivity index (χ1n) is 9.15. The Morgan fingerprint density at radius 1 is 1.23 bits per heavy atom. The minimum atomic E-state index is -0.380. The molecule has 2 heterocycles. The normalized spacial score (nSPS) is 22.3. The second-order valence-corrected chi connectivity index (χ2v) is 8.16. The number of hydrogen-bond acceptors (Lipinski definition) is 5. The molecule has 1 aromatic rings. The van der Waals surface area contributed by atoms with E-state index in [0.717, 1.165) is 62.1 Å². The van der Waals surface area contributed by atoms with Crippen molar-refractivity contribution in [1.29, 1.82) is 0 Å². The van der Waals surface area contributed by atoms with Crippen LogP contribution in [0, 0.1) is 5.92 Å². The molecule has 7 nitrogen and oxygen atoms in total. The quantitative estimate of drug-likeness (QED) is 0.632. The Kier molecular flexibility index (Phi) is 5.93. The van der Waals surface area contributed by atoms with Crippen molar-refractivity contribution < 1.29 is 24.0 Å². The van der Waals surface area contributed by atoms with Gasteiger partial charge in [0.05, 0.1) is 25.8 Å². The number of methoxy groups -OCH3 is 1. The number of hydrogen-bond donors (Lipinski definition) is 3. The summed E-state index contributed by atoms with van der Waals surface area (Å²) in [5.41, 5.74) is 6.92. The summed E-state index contributed by atoms with van der Waals surface area (Å²) >= 11 is 1.50. The number of rotatable bonds is 5. The van der Waals surface area contributed by atoms with Crippen LogP contribution in [0.3, 0.4) is 0 Å². The molecule has 1 aliphatic heterocycles. The van der Waals surface area contributed by atoms with E-state index in [1.807, 2.05) is 0 Å². The van der Waals surface area contributed by atoms with Gasteiger partial charge < -0.3 is 20.7 Å². The van der Waals surface area contributed by atoms with Crippen LogP contribution in [0.4, 0.5) is 5.00 Å². The standard InChI is InChI=1S/C18H25N3O4S/c1-25-18(24)15-12-4-2-3-5-13(12)26-17(15)20-14(22)10-21-8-6-11(7-9-21)16(19)23/h11H,2-10H2,1H3,(H2,19,23)(H,20,22)/p+1. The number of thiophene rings is 1. The van der Waals surface area contributed by atoms with E-state index in [4.69, 9.17) is 10.5 Å². The number of anilines is 1. The monoisotopic (exact) mass is 380 g/mol. The fourth-order valence-electron chi connectivity index (χ4n) is 3.86. The maximum atomic E-state index is 12.5. The summed E-state index contributed by atoms with van der Waals surface area (Å²) in [7, 11) is 1.37. The third-order valence-corrected chi connectivity index (χ3v) is 6.53. The van der Waals surface area contributed by atoms with Gasteiger partial charge >= 0.3 is 5.97 Å². The molecule has 4 N–H and O–H groups in total. The molecule has 0 unspecified atom stereocenters. The van der Waals surface area contributed by atoms with Crippen molar-refractivity contribution in [3.05, 3.63) is 16.0 Å². The van der Waals surface area contributed by atoms with Crippen LogP contribution in [0.25, 0.3) is 0 Å². The third kappa shape index (κ3) is 4.07. The highest BCUT2D eigenvalue weighted by atomic mass is 32.1. The average molecular weight is 380 g/mol. The lowest BCUT2D eigenvalue weighted by atomic mass is 9.95. The van der Waals surface area contributed by atoms with Crippen LogP contribution < -0.4 is 16.0 Å². The summed E-state index contributed by atoms with van der Waals surface area (Å²) in [6.45, 7) is 1.84. The predicted octanol–water partition coefficient (Wildman–Crippen LogP) is 0.132. The second kappa shape index (κ2) is 8.18. The minimum Gasteiger partial charge on any atom is -0.465 e. The predicted molar refractivity (Wildman–Crippen MR) is 98.4 cm³/mol. The zero-order valence-corrected chi connectivity index (χ0v) is 15.9. The molecule has 2 amide bonds. The van der Waals surface area contributed by atoms with Crippen LogP contribution in [0.15, 0.2) is 0 Å². The Hall–Kier alpha value is -1.93. The van der Waals surface area contributed by atoms with Crippen molar-refractivity contribution in [3.63, 3.8) is 0 Å². The lowest BCUT2D eigenvalue weighted by molar-refractivity contribution is -0.897. The van der Waals surface area contributed by atoms with Gasteiger partial charge in [0.15, 0.2) is 6.54 Å². The number of primary amides is 1. The van der Waals surface area contributed by atoms with E-state index >= 15 is 0 Å². The first-order chi connectivity index (χ1) is 12.5. The Labute approximate surface area is 156 Å². The highest BCUT2D eigenvalue weighted by Crippen LogP contribution is 2.38. The maximum absolute atomic E-state index is 12.5. The number of piperidine rings is 1. The van der Waals surface area contributed by atoms with Gasteiger partial charge in [0, 0.05) is 23.6 Å². The van der Waals surface area contributed by atoms with Crippen molar-refractivity contribution in [3.8, 4) is 0 Å². The molecular formula is C18H26N3O4S+. The molecule has 1 aliphatic carbocycles. The molecule has 2 aliphatic rings. The fourth-order valence-corrected chi connectivity index (χ4v) is 5.15. The zero-order valence-electron chi connectivity index (χ0n) is 15.1. The van der Waals surface area contributed by atoms with E-state index in [1.54, 1.807) is 0 Å². The van der Waals surface area contributed by atoms with E-state index in [-0.39, 0.29) is 23.7 Å². The maximum Gasteiger partial charge on any atom is 0.341 e. The molecule has 1 saturated heterocycles. The molecular weight excluding hydrogens is 354 g/mol. The van der Waals surface area contributed by atoms with Gasteiger partial charge in [-0.1, -0.05) is 0 Å². The Bertz CT molecular complexity index is 708. The molecule has 0 aromatic carbocycles. The lowest BCUT2D eigenvalue weighted by Crippen LogP contribution is -3.14. The van der Waals surface area contributed by atoms with Crippen molar-refractivity contribution in [1.82, 2.24) is 0 Å². The summed E-state index contributed by atoms with van der Waals surface area (Å²) in [6, 6.07) is 0. The number of esters is 1. The molecule has 0 saturated carbocycles. The summed E-state index contributed by atoms with van der Waals surface area (Å²) in [5, 5.41) is 3.54. The molecule has 26 heavy (non-hydrogen) atoms. The van der Waals surface area contributed by atoms with Gasteiger partial charge in [0.2, 0.25) is 5.91 Å². The number of fused-ring (bicyclic) bond motifs is 1. The molecule has 0 atom stereocenters. The Morgan fingerprint density at radius 3 is 2.58 bits per heavy atom. The minimum absolute atomic E-state index is 0.0724. The summed E-state index contributed by atoms with van der Waals surface area (Å²) in [5.74, 6) is -0.812.